The van der Waals surface area contributed by atoms with E-state index in [9.17, 15) is 13.2 Å². The fourth-order valence-electron chi connectivity index (χ4n) is 2.89. The molecule has 0 amide bonds. The number of hydrogen-bond acceptors (Lipinski definition) is 0. The highest BCUT2D eigenvalue weighted by molar-refractivity contribution is 6.20. The van der Waals surface area contributed by atoms with Crippen molar-refractivity contribution >= 4 is 11.6 Å². The van der Waals surface area contributed by atoms with Gasteiger partial charge in [0.2, 0.25) is 0 Å². The Bertz CT molecular complexity index is 440. The first-order valence-corrected chi connectivity index (χ1v) is 7.13. The molecule has 0 saturated heterocycles. The van der Waals surface area contributed by atoms with Crippen molar-refractivity contribution in [2.24, 2.45) is 0 Å². The lowest BCUT2D eigenvalue weighted by atomic mass is 9.88. The average Bonchev–Trinajstić information content (AvgIpc) is 2.52. The Morgan fingerprint density at radius 2 is 1.84 bits per heavy atom. The Morgan fingerprint density at radius 3 is 2.47 bits per heavy atom. The molecule has 0 aromatic heterocycles. The van der Waals surface area contributed by atoms with Crippen LogP contribution in [0.25, 0.3) is 0 Å². The summed E-state index contributed by atoms with van der Waals surface area (Å²) in [4.78, 5) is 0. The van der Waals surface area contributed by atoms with Gasteiger partial charge >= 0.3 is 6.18 Å². The zero-order chi connectivity index (χ0) is 14.0. The smallest absolute Gasteiger partial charge is 0.166 e. The molecule has 2 unspecified atom stereocenters. The molecule has 1 saturated carbocycles. The van der Waals surface area contributed by atoms with Crippen molar-refractivity contribution < 1.29 is 13.2 Å². The molecular formula is C15H18ClF3. The van der Waals surface area contributed by atoms with E-state index in [1.165, 1.54) is 12.1 Å². The molecule has 2 rings (SSSR count). The van der Waals surface area contributed by atoms with Gasteiger partial charge in [0, 0.05) is 5.38 Å². The first-order chi connectivity index (χ1) is 8.88. The van der Waals surface area contributed by atoms with Crippen LogP contribution in [0.1, 0.15) is 54.7 Å². The molecule has 0 aliphatic heterocycles. The van der Waals surface area contributed by atoms with Crippen LogP contribution in [0.4, 0.5) is 13.2 Å². The number of benzene rings is 1. The van der Waals surface area contributed by atoms with Crippen LogP contribution >= 0.6 is 11.6 Å². The maximum atomic E-state index is 12.6. The predicted octanol–water partition coefficient (Wildman–Crippen LogP) is 5.67. The van der Waals surface area contributed by atoms with Gasteiger partial charge in [-0.3, -0.25) is 0 Å². The van der Waals surface area contributed by atoms with Gasteiger partial charge in [-0.2, -0.15) is 13.2 Å². The van der Waals surface area contributed by atoms with Gasteiger partial charge in [0.25, 0.3) is 0 Å². The maximum Gasteiger partial charge on any atom is 0.416 e. The minimum absolute atomic E-state index is 0.147. The third-order valence-corrected chi connectivity index (χ3v) is 4.29. The standard InChI is InChI=1S/C15H18ClF3/c1-10-8-12(15(17,18)19)6-7-14(10)11-4-2-3-5-13(16)9-11/h6-8,11,13H,2-5,9H2,1H3. The zero-order valence-electron chi connectivity index (χ0n) is 10.9. The number of hydrogen-bond donors (Lipinski definition) is 0. The van der Waals surface area contributed by atoms with Gasteiger partial charge in [0.15, 0.2) is 0 Å². The quantitative estimate of drug-likeness (QED) is 0.462. The minimum Gasteiger partial charge on any atom is -0.166 e. The fourth-order valence-corrected chi connectivity index (χ4v) is 3.26. The normalized spacial score (nSPS) is 25.1. The molecule has 1 aromatic rings. The molecule has 1 aliphatic carbocycles. The molecule has 0 N–H and O–H groups in total. The van der Waals surface area contributed by atoms with Gasteiger partial charge < -0.3 is 0 Å². The van der Waals surface area contributed by atoms with Crippen molar-refractivity contribution in [2.75, 3.05) is 0 Å². The molecule has 0 bridgehead atoms. The largest absolute Gasteiger partial charge is 0.416 e. The van der Waals surface area contributed by atoms with Crippen LogP contribution in [0, 0.1) is 6.92 Å². The second-order valence-corrected chi connectivity index (χ2v) is 6.00. The van der Waals surface area contributed by atoms with Gasteiger partial charge in [0.1, 0.15) is 0 Å². The molecule has 2 atom stereocenters. The Morgan fingerprint density at radius 1 is 1.16 bits per heavy atom. The summed E-state index contributed by atoms with van der Waals surface area (Å²) >= 11 is 6.24. The molecule has 0 radical (unpaired) electrons. The minimum atomic E-state index is -4.26. The predicted molar refractivity (Wildman–Crippen MR) is 71.6 cm³/mol. The Labute approximate surface area is 117 Å². The van der Waals surface area contributed by atoms with Crippen molar-refractivity contribution in [2.45, 2.75) is 56.5 Å². The van der Waals surface area contributed by atoms with Crippen LogP contribution in [0.2, 0.25) is 0 Å². The van der Waals surface area contributed by atoms with Crippen LogP contribution in [-0.4, -0.2) is 5.38 Å². The van der Waals surface area contributed by atoms with Gasteiger partial charge in [-0.05, 0) is 55.4 Å². The highest BCUT2D eigenvalue weighted by Gasteiger charge is 2.31. The van der Waals surface area contributed by atoms with Crippen LogP contribution in [0.3, 0.4) is 0 Å². The summed E-state index contributed by atoms with van der Waals surface area (Å²) in [5, 5.41) is 0.147. The Hall–Kier alpha value is -0.700. The van der Waals surface area contributed by atoms with E-state index in [2.05, 4.69) is 0 Å². The van der Waals surface area contributed by atoms with Crippen molar-refractivity contribution in [3.63, 3.8) is 0 Å². The first kappa shape index (κ1) is 14.7. The molecule has 0 heterocycles. The molecule has 19 heavy (non-hydrogen) atoms. The van der Waals surface area contributed by atoms with Crippen LogP contribution in [-0.2, 0) is 6.18 Å². The SMILES string of the molecule is Cc1cc(C(F)(F)F)ccc1C1CCCCC(Cl)C1. The number of halogens is 4. The monoisotopic (exact) mass is 290 g/mol. The summed E-state index contributed by atoms with van der Waals surface area (Å²) in [6.07, 6.45) is 0.862. The fraction of sp³-hybridized carbons (Fsp3) is 0.600. The third kappa shape index (κ3) is 3.65. The number of alkyl halides is 4. The van der Waals surface area contributed by atoms with E-state index >= 15 is 0 Å². The van der Waals surface area contributed by atoms with Gasteiger partial charge in [-0.25, -0.2) is 0 Å². The van der Waals surface area contributed by atoms with E-state index in [1.807, 2.05) is 0 Å². The van der Waals surface area contributed by atoms with E-state index < -0.39 is 11.7 Å². The lowest BCUT2D eigenvalue weighted by Crippen LogP contribution is -2.09. The van der Waals surface area contributed by atoms with Gasteiger partial charge in [-0.1, -0.05) is 18.9 Å². The van der Waals surface area contributed by atoms with Crippen molar-refractivity contribution in [3.05, 3.63) is 34.9 Å². The first-order valence-electron chi connectivity index (χ1n) is 6.69. The molecule has 1 aliphatic rings. The van der Waals surface area contributed by atoms with E-state index in [0.717, 1.165) is 43.2 Å². The lowest BCUT2D eigenvalue weighted by molar-refractivity contribution is -0.137. The van der Waals surface area contributed by atoms with Crippen LogP contribution in [0.5, 0.6) is 0 Å². The molecule has 1 fully saturated rings. The average molecular weight is 291 g/mol. The molecule has 4 heteroatoms. The Balaban J connectivity index is 2.25. The molecule has 1 aromatic carbocycles. The summed E-state index contributed by atoms with van der Waals surface area (Å²) in [5.41, 5.74) is 1.19. The molecular weight excluding hydrogens is 273 g/mol. The highest BCUT2D eigenvalue weighted by atomic mass is 35.5. The summed E-state index contributed by atoms with van der Waals surface area (Å²) in [6, 6.07) is 4.08. The summed E-state index contributed by atoms with van der Waals surface area (Å²) < 4.78 is 37.9. The van der Waals surface area contributed by atoms with Gasteiger partial charge in [-0.15, -0.1) is 11.6 Å². The Kier molecular flexibility index (Phi) is 4.44. The van der Waals surface area contributed by atoms with E-state index in [0.29, 0.717) is 5.92 Å². The second-order valence-electron chi connectivity index (χ2n) is 5.38. The maximum absolute atomic E-state index is 12.6. The lowest BCUT2D eigenvalue weighted by Gasteiger charge is -2.20. The van der Waals surface area contributed by atoms with E-state index in [4.69, 9.17) is 11.6 Å². The van der Waals surface area contributed by atoms with E-state index in [1.54, 1.807) is 13.0 Å². The van der Waals surface area contributed by atoms with E-state index in [-0.39, 0.29) is 5.38 Å². The van der Waals surface area contributed by atoms with Crippen molar-refractivity contribution in [1.29, 1.82) is 0 Å². The molecule has 106 valence electrons. The summed E-state index contributed by atoms with van der Waals surface area (Å²) in [7, 11) is 0. The molecule has 0 spiro atoms. The summed E-state index contributed by atoms with van der Waals surface area (Å²) in [6.45, 7) is 1.76. The van der Waals surface area contributed by atoms with Crippen LogP contribution < -0.4 is 0 Å². The third-order valence-electron chi connectivity index (χ3n) is 3.90. The second kappa shape index (κ2) is 5.74. The van der Waals surface area contributed by atoms with Crippen molar-refractivity contribution in [3.8, 4) is 0 Å². The number of aryl methyl sites for hydroxylation is 1. The summed E-state index contributed by atoms with van der Waals surface area (Å²) in [5.74, 6) is 0.298. The van der Waals surface area contributed by atoms with Gasteiger partial charge in [0.05, 0.1) is 5.56 Å². The number of rotatable bonds is 1. The van der Waals surface area contributed by atoms with Crippen LogP contribution in [0.15, 0.2) is 18.2 Å². The zero-order valence-corrected chi connectivity index (χ0v) is 11.7. The molecule has 0 nitrogen and oxygen atoms in total. The highest BCUT2D eigenvalue weighted by Crippen LogP contribution is 2.37. The topological polar surface area (TPSA) is 0 Å². The van der Waals surface area contributed by atoms with Crippen molar-refractivity contribution in [1.82, 2.24) is 0 Å².